The molecule has 204 valence electrons. The summed E-state index contributed by atoms with van der Waals surface area (Å²) in [5.41, 5.74) is -0.752. The summed E-state index contributed by atoms with van der Waals surface area (Å²) in [5.74, 6) is -5.10. The lowest BCUT2D eigenvalue weighted by atomic mass is 9.90. The average molecular weight is 559 g/mol. The van der Waals surface area contributed by atoms with Crippen LogP contribution in [0.1, 0.15) is 30.6 Å². The summed E-state index contributed by atoms with van der Waals surface area (Å²) in [6.45, 7) is -0.532. The van der Waals surface area contributed by atoms with Crippen LogP contribution in [-0.2, 0) is 15.9 Å². The van der Waals surface area contributed by atoms with Crippen LogP contribution < -0.4 is 0 Å². The fourth-order valence-corrected chi connectivity index (χ4v) is 5.68. The minimum atomic E-state index is -2.67. The van der Waals surface area contributed by atoms with Crippen LogP contribution >= 0.6 is 11.6 Å². The molecule has 3 fully saturated rings. The van der Waals surface area contributed by atoms with Crippen molar-refractivity contribution < 1.29 is 37.2 Å². The van der Waals surface area contributed by atoms with Crippen LogP contribution in [0, 0.1) is 17.0 Å². The third kappa shape index (κ3) is 3.92. The maximum Gasteiger partial charge on any atom is 0.256 e. The number of alkyl halides is 2. The van der Waals surface area contributed by atoms with Gasteiger partial charge in [-0.05, 0) is 18.6 Å². The SMILES string of the molecule is CO[C@@H]1[C@@H](n2cc(-c3ccc(Cl)c(F)c3F)nn2)[C@@H](O)[C@@H](CO)O[C@@H]1Cc1cn(C2CC23CC3(F)F)nn1. The molecule has 2 unspecified atom stereocenters. The molecule has 3 aliphatic rings. The first-order valence-corrected chi connectivity index (χ1v) is 12.3. The zero-order valence-electron chi connectivity index (χ0n) is 19.9. The van der Waals surface area contributed by atoms with Crippen molar-refractivity contribution in [2.45, 2.75) is 61.7 Å². The van der Waals surface area contributed by atoms with Crippen molar-refractivity contribution in [3.8, 4) is 11.3 Å². The standard InChI is InChI=1S/C23H23ClF4N6O4/c1-37-21-14(4-10-6-33(31-29-10)16-5-22(16)9-23(22,27)28)38-15(8-35)20(36)19(21)34-7-13(30-32-34)11-2-3-12(24)18(26)17(11)25/h2-3,6-7,14-16,19-21,35-36H,4-5,8-9H2,1H3/t14-,15-,16?,19+,20+,21+,22?/m1/s1. The van der Waals surface area contributed by atoms with Gasteiger partial charge in [-0.1, -0.05) is 22.0 Å². The number of ether oxygens (including phenoxy) is 2. The van der Waals surface area contributed by atoms with Gasteiger partial charge < -0.3 is 19.7 Å². The van der Waals surface area contributed by atoms with E-state index in [1.54, 1.807) is 6.20 Å². The number of aromatic nitrogens is 6. The number of rotatable bonds is 7. The molecule has 2 aromatic heterocycles. The van der Waals surface area contributed by atoms with Gasteiger partial charge in [0.2, 0.25) is 0 Å². The summed E-state index contributed by atoms with van der Waals surface area (Å²) in [7, 11) is 1.39. The van der Waals surface area contributed by atoms with Crippen LogP contribution in [0.5, 0.6) is 0 Å². The zero-order valence-corrected chi connectivity index (χ0v) is 20.6. The van der Waals surface area contributed by atoms with Gasteiger partial charge in [0.05, 0.1) is 41.1 Å². The molecule has 6 rings (SSSR count). The van der Waals surface area contributed by atoms with Gasteiger partial charge in [0.1, 0.15) is 30.0 Å². The number of hydrogen-bond donors (Lipinski definition) is 2. The predicted molar refractivity (Wildman–Crippen MR) is 121 cm³/mol. The molecule has 0 radical (unpaired) electrons. The molecular formula is C23H23ClF4N6O4. The van der Waals surface area contributed by atoms with E-state index in [4.69, 9.17) is 21.1 Å². The topological polar surface area (TPSA) is 120 Å². The quantitative estimate of drug-likeness (QED) is 0.335. The molecule has 3 heterocycles. The summed E-state index contributed by atoms with van der Waals surface area (Å²) >= 11 is 5.64. The van der Waals surface area contributed by atoms with Crippen molar-refractivity contribution >= 4 is 11.6 Å². The molecule has 38 heavy (non-hydrogen) atoms. The lowest BCUT2D eigenvalue weighted by Crippen LogP contribution is -2.57. The van der Waals surface area contributed by atoms with Crippen molar-refractivity contribution in [2.24, 2.45) is 5.41 Å². The van der Waals surface area contributed by atoms with Gasteiger partial charge in [0.25, 0.3) is 5.92 Å². The lowest BCUT2D eigenvalue weighted by molar-refractivity contribution is -0.212. The molecule has 0 bridgehead atoms. The number of nitrogens with zero attached hydrogens (tertiary/aromatic N) is 6. The Bertz CT molecular complexity index is 1370. The Morgan fingerprint density at radius 2 is 1.87 bits per heavy atom. The average Bonchev–Trinajstić information content (AvgIpc) is 3.48. The highest BCUT2D eigenvalue weighted by atomic mass is 35.5. The number of halogens is 5. The van der Waals surface area contributed by atoms with Gasteiger partial charge in [-0.25, -0.2) is 26.9 Å². The van der Waals surface area contributed by atoms with Crippen LogP contribution in [0.4, 0.5) is 17.6 Å². The van der Waals surface area contributed by atoms with Gasteiger partial charge in [-0.15, -0.1) is 10.2 Å². The Morgan fingerprint density at radius 1 is 1.13 bits per heavy atom. The summed E-state index contributed by atoms with van der Waals surface area (Å²) in [6.07, 6.45) is -0.721. The molecule has 2 saturated carbocycles. The number of benzene rings is 1. The maximum atomic E-state index is 14.5. The monoisotopic (exact) mass is 558 g/mol. The second-order valence-corrected chi connectivity index (χ2v) is 10.4. The molecule has 0 amide bonds. The van der Waals surface area contributed by atoms with Gasteiger partial charge in [0, 0.05) is 31.7 Å². The van der Waals surface area contributed by atoms with E-state index in [2.05, 4.69) is 20.6 Å². The van der Waals surface area contributed by atoms with Crippen molar-refractivity contribution in [2.75, 3.05) is 13.7 Å². The van der Waals surface area contributed by atoms with E-state index >= 15 is 0 Å². The number of hydrogen-bond acceptors (Lipinski definition) is 8. The molecule has 1 saturated heterocycles. The highest BCUT2D eigenvalue weighted by molar-refractivity contribution is 6.30. The first-order chi connectivity index (χ1) is 18.1. The smallest absolute Gasteiger partial charge is 0.256 e. The largest absolute Gasteiger partial charge is 0.394 e. The Morgan fingerprint density at radius 3 is 2.53 bits per heavy atom. The van der Waals surface area contributed by atoms with E-state index in [1.807, 2.05) is 0 Å². The zero-order chi connectivity index (χ0) is 27.0. The van der Waals surface area contributed by atoms with E-state index < -0.39 is 66.1 Å². The highest BCUT2D eigenvalue weighted by Crippen LogP contribution is 2.80. The Kier molecular flexibility index (Phi) is 6.03. The number of aliphatic hydroxyl groups excluding tert-OH is 2. The minimum absolute atomic E-state index is 0.0121. The Labute approximate surface area is 218 Å². The summed E-state index contributed by atoms with van der Waals surface area (Å²) in [5, 5.41) is 36.5. The van der Waals surface area contributed by atoms with Crippen molar-refractivity contribution in [3.63, 3.8) is 0 Å². The van der Waals surface area contributed by atoms with Gasteiger partial charge >= 0.3 is 0 Å². The third-order valence-electron chi connectivity index (χ3n) is 7.83. The Balaban J connectivity index is 1.25. The van der Waals surface area contributed by atoms with Crippen molar-refractivity contribution in [3.05, 3.63) is 46.9 Å². The predicted octanol–water partition coefficient (Wildman–Crippen LogP) is 2.36. The molecule has 1 aromatic carbocycles. The molecule has 1 spiro atoms. The summed E-state index contributed by atoms with van der Waals surface area (Å²) in [6, 6.07) is 1.10. The maximum absolute atomic E-state index is 14.5. The molecular weight excluding hydrogens is 536 g/mol. The van der Waals surface area contributed by atoms with E-state index in [9.17, 15) is 27.8 Å². The van der Waals surface area contributed by atoms with Crippen LogP contribution in [0.3, 0.4) is 0 Å². The van der Waals surface area contributed by atoms with Gasteiger partial charge in [-0.3, -0.25) is 0 Å². The molecule has 2 N–H and O–H groups in total. The molecule has 10 nitrogen and oxygen atoms in total. The molecule has 15 heteroatoms. The van der Waals surface area contributed by atoms with Crippen LogP contribution in [-0.4, -0.2) is 84.3 Å². The summed E-state index contributed by atoms with van der Waals surface area (Å²) < 4.78 is 70.1. The van der Waals surface area contributed by atoms with Crippen LogP contribution in [0.2, 0.25) is 5.02 Å². The molecule has 2 aliphatic carbocycles. The molecule has 3 aromatic rings. The highest BCUT2D eigenvalue weighted by Gasteiger charge is 2.84. The van der Waals surface area contributed by atoms with E-state index in [0.29, 0.717) is 12.1 Å². The molecule has 7 atom stereocenters. The second kappa shape index (κ2) is 8.95. The van der Waals surface area contributed by atoms with E-state index in [1.165, 1.54) is 34.8 Å². The Hall–Kier alpha value is -2.65. The first kappa shape index (κ1) is 25.6. The summed E-state index contributed by atoms with van der Waals surface area (Å²) in [4.78, 5) is 0. The lowest BCUT2D eigenvalue weighted by Gasteiger charge is -2.43. The number of aliphatic hydroxyl groups is 2. The number of methoxy groups -OCH3 is 1. The van der Waals surface area contributed by atoms with E-state index in [-0.39, 0.29) is 29.1 Å². The van der Waals surface area contributed by atoms with E-state index in [0.717, 1.165) is 0 Å². The fourth-order valence-electron chi connectivity index (χ4n) is 5.53. The van der Waals surface area contributed by atoms with Crippen LogP contribution in [0.25, 0.3) is 11.3 Å². The van der Waals surface area contributed by atoms with Crippen molar-refractivity contribution in [1.29, 1.82) is 0 Å². The minimum Gasteiger partial charge on any atom is -0.394 e. The van der Waals surface area contributed by atoms with Crippen molar-refractivity contribution in [1.82, 2.24) is 30.0 Å². The molecule has 1 aliphatic heterocycles. The van der Waals surface area contributed by atoms with Gasteiger partial charge in [0.15, 0.2) is 11.6 Å². The van der Waals surface area contributed by atoms with Crippen LogP contribution in [0.15, 0.2) is 24.5 Å². The van der Waals surface area contributed by atoms with Gasteiger partial charge in [-0.2, -0.15) is 0 Å². The fraction of sp³-hybridized carbons (Fsp3) is 0.565. The third-order valence-corrected chi connectivity index (χ3v) is 8.12. The second-order valence-electron chi connectivity index (χ2n) is 10.0. The first-order valence-electron chi connectivity index (χ1n) is 11.9. The normalized spacial score (nSPS) is 33.6.